The highest BCUT2D eigenvalue weighted by molar-refractivity contribution is 7.92. The van der Waals surface area contributed by atoms with Gasteiger partial charge in [-0.05, 0) is 87.7 Å². The zero-order chi connectivity index (χ0) is 28.1. The number of carbonyl (C=O) groups is 1. The molecular formula is C28H30Cl2N4O3S. The Hall–Kier alpha value is -3.22. The van der Waals surface area contributed by atoms with Gasteiger partial charge in [0.05, 0.1) is 21.0 Å². The van der Waals surface area contributed by atoms with Gasteiger partial charge in [-0.15, -0.1) is 5.92 Å². The number of benzene rings is 3. The Labute approximate surface area is 234 Å². The van der Waals surface area contributed by atoms with E-state index in [0.717, 1.165) is 5.56 Å². The first kappa shape index (κ1) is 29.3. The molecule has 5 N–H and O–H groups in total. The highest BCUT2D eigenvalue weighted by Crippen LogP contribution is 2.32. The lowest BCUT2D eigenvalue weighted by atomic mass is 9.96. The van der Waals surface area contributed by atoms with Gasteiger partial charge < -0.3 is 16.4 Å². The summed E-state index contributed by atoms with van der Waals surface area (Å²) in [5, 5.41) is 6.13. The lowest BCUT2D eigenvalue weighted by molar-refractivity contribution is 0.249. The number of urea groups is 1. The number of nitrogens with one attached hydrogen (secondary N) is 3. The average Bonchev–Trinajstić information content (AvgIpc) is 2.82. The zero-order valence-corrected chi connectivity index (χ0v) is 23.9. The highest BCUT2D eigenvalue weighted by atomic mass is 35.5. The number of carbonyl (C=O) groups excluding carboxylic acids is 1. The van der Waals surface area contributed by atoms with E-state index < -0.39 is 22.1 Å². The van der Waals surface area contributed by atoms with Crippen molar-refractivity contribution in [3.8, 4) is 11.8 Å². The summed E-state index contributed by atoms with van der Waals surface area (Å²) in [5.74, 6) is 5.65. The molecule has 7 nitrogen and oxygen atoms in total. The SMILES string of the molecule is CC#Cc1ccc([C@H](C)NC(=O)Nc2ccc(S(=O)(=O)Nc3ccc(CC(C)(C)N)cc3)cc2)c(Cl)c1Cl. The van der Waals surface area contributed by atoms with Crippen LogP contribution in [0, 0.1) is 11.8 Å². The first-order chi connectivity index (χ1) is 17.8. The molecular weight excluding hydrogens is 543 g/mol. The van der Waals surface area contributed by atoms with E-state index in [9.17, 15) is 13.2 Å². The van der Waals surface area contributed by atoms with Crippen LogP contribution in [0.3, 0.4) is 0 Å². The van der Waals surface area contributed by atoms with Crippen LogP contribution in [0.2, 0.25) is 10.0 Å². The van der Waals surface area contributed by atoms with Crippen molar-refractivity contribution >= 4 is 50.6 Å². The van der Waals surface area contributed by atoms with E-state index in [-0.39, 0.29) is 10.4 Å². The minimum Gasteiger partial charge on any atom is -0.331 e. The molecule has 0 aliphatic carbocycles. The molecule has 0 heterocycles. The van der Waals surface area contributed by atoms with Crippen LogP contribution < -0.4 is 21.1 Å². The number of anilines is 2. The topological polar surface area (TPSA) is 113 Å². The number of halogens is 2. The molecule has 0 bridgehead atoms. The van der Waals surface area contributed by atoms with Gasteiger partial charge in [-0.25, -0.2) is 13.2 Å². The predicted molar refractivity (Wildman–Crippen MR) is 155 cm³/mol. The maximum atomic E-state index is 12.8. The fourth-order valence-electron chi connectivity index (χ4n) is 3.72. The minimum absolute atomic E-state index is 0.0562. The fourth-order valence-corrected chi connectivity index (χ4v) is 5.33. The van der Waals surface area contributed by atoms with Gasteiger partial charge in [0.2, 0.25) is 0 Å². The average molecular weight is 574 g/mol. The van der Waals surface area contributed by atoms with Crippen LogP contribution in [-0.2, 0) is 16.4 Å². The second-order valence-corrected chi connectivity index (χ2v) is 12.0. The molecule has 0 radical (unpaired) electrons. The lowest BCUT2D eigenvalue weighted by Crippen LogP contribution is -2.34. The number of sulfonamides is 1. The molecule has 0 aliphatic rings. The third-order valence-electron chi connectivity index (χ3n) is 5.47. The predicted octanol–water partition coefficient (Wildman–Crippen LogP) is 6.33. The van der Waals surface area contributed by atoms with E-state index in [2.05, 4.69) is 27.2 Å². The Morgan fingerprint density at radius 3 is 2.16 bits per heavy atom. The van der Waals surface area contributed by atoms with Gasteiger partial charge in [0.15, 0.2) is 0 Å². The van der Waals surface area contributed by atoms with Crippen LogP contribution in [0.15, 0.2) is 65.6 Å². The van der Waals surface area contributed by atoms with Gasteiger partial charge in [0.1, 0.15) is 0 Å². The molecule has 3 aromatic carbocycles. The first-order valence-corrected chi connectivity index (χ1v) is 14.0. The number of hydrogen-bond donors (Lipinski definition) is 4. The summed E-state index contributed by atoms with van der Waals surface area (Å²) in [5.41, 5.74) is 8.80. The largest absolute Gasteiger partial charge is 0.331 e. The number of amides is 2. The second-order valence-electron chi connectivity index (χ2n) is 9.52. The van der Waals surface area contributed by atoms with E-state index in [1.807, 2.05) is 26.0 Å². The maximum absolute atomic E-state index is 12.8. The van der Waals surface area contributed by atoms with Crippen molar-refractivity contribution < 1.29 is 13.2 Å². The molecule has 3 rings (SSSR count). The Kier molecular flexibility index (Phi) is 9.34. The molecule has 0 fully saturated rings. The second kappa shape index (κ2) is 12.1. The standard InChI is InChI=1S/C28H30Cl2N4O3S/c1-5-6-20-9-16-24(26(30)25(20)29)18(2)32-27(35)33-21-12-14-23(15-13-21)38(36,37)34-22-10-7-19(8-11-22)17-28(3,4)31/h7-16,18,34H,17,31H2,1-4H3,(H2,32,33,35)/t18-/m0/s1. The molecule has 0 aromatic heterocycles. The van der Waals surface area contributed by atoms with Crippen LogP contribution >= 0.6 is 23.2 Å². The van der Waals surface area contributed by atoms with E-state index in [0.29, 0.717) is 39.0 Å². The van der Waals surface area contributed by atoms with Crippen molar-refractivity contribution in [1.82, 2.24) is 5.32 Å². The van der Waals surface area contributed by atoms with Gasteiger partial charge in [-0.2, -0.15) is 0 Å². The van der Waals surface area contributed by atoms with Gasteiger partial charge >= 0.3 is 6.03 Å². The first-order valence-electron chi connectivity index (χ1n) is 11.8. The van der Waals surface area contributed by atoms with Crippen molar-refractivity contribution in [2.45, 2.75) is 50.6 Å². The van der Waals surface area contributed by atoms with Gasteiger partial charge in [-0.1, -0.05) is 47.3 Å². The molecule has 0 saturated heterocycles. The summed E-state index contributed by atoms with van der Waals surface area (Å²) in [4.78, 5) is 12.6. The van der Waals surface area contributed by atoms with Crippen molar-refractivity contribution in [3.63, 3.8) is 0 Å². The molecule has 10 heteroatoms. The summed E-state index contributed by atoms with van der Waals surface area (Å²) >= 11 is 12.7. The summed E-state index contributed by atoms with van der Waals surface area (Å²) in [6, 6.07) is 15.5. The molecule has 0 saturated carbocycles. The molecule has 2 amide bonds. The summed E-state index contributed by atoms with van der Waals surface area (Å²) in [7, 11) is -3.82. The number of nitrogens with two attached hydrogens (primary N) is 1. The molecule has 38 heavy (non-hydrogen) atoms. The molecule has 0 unspecified atom stereocenters. The summed E-state index contributed by atoms with van der Waals surface area (Å²) < 4.78 is 28.2. The van der Waals surface area contributed by atoms with E-state index in [1.165, 1.54) is 24.3 Å². The Balaban J connectivity index is 1.62. The Bertz CT molecular complexity index is 1470. The maximum Gasteiger partial charge on any atom is 0.319 e. The van der Waals surface area contributed by atoms with E-state index in [1.54, 1.807) is 38.1 Å². The van der Waals surface area contributed by atoms with Crippen LogP contribution in [0.4, 0.5) is 16.2 Å². The van der Waals surface area contributed by atoms with Gasteiger partial charge in [0.25, 0.3) is 10.0 Å². The van der Waals surface area contributed by atoms with Gasteiger partial charge in [0, 0.05) is 22.5 Å². The smallest absolute Gasteiger partial charge is 0.319 e. The van der Waals surface area contributed by atoms with Crippen LogP contribution in [0.25, 0.3) is 0 Å². The van der Waals surface area contributed by atoms with Gasteiger partial charge in [-0.3, -0.25) is 4.72 Å². The monoisotopic (exact) mass is 572 g/mol. The highest BCUT2D eigenvalue weighted by Gasteiger charge is 2.18. The Morgan fingerprint density at radius 1 is 0.974 bits per heavy atom. The fraction of sp³-hybridized carbons (Fsp3) is 0.250. The molecule has 200 valence electrons. The third kappa shape index (κ3) is 7.89. The lowest BCUT2D eigenvalue weighted by Gasteiger charge is -2.18. The minimum atomic E-state index is -3.82. The van der Waals surface area contributed by atoms with Crippen molar-refractivity contribution in [1.29, 1.82) is 0 Å². The van der Waals surface area contributed by atoms with Crippen molar-refractivity contribution in [3.05, 3.63) is 87.4 Å². The van der Waals surface area contributed by atoms with E-state index in [4.69, 9.17) is 28.9 Å². The number of hydrogen-bond acceptors (Lipinski definition) is 4. The quantitative estimate of drug-likeness (QED) is 0.236. The Morgan fingerprint density at radius 2 is 1.58 bits per heavy atom. The molecule has 0 spiro atoms. The van der Waals surface area contributed by atoms with Crippen molar-refractivity contribution in [2.24, 2.45) is 5.73 Å². The van der Waals surface area contributed by atoms with Crippen LogP contribution in [0.5, 0.6) is 0 Å². The number of rotatable bonds is 8. The molecule has 1 atom stereocenters. The van der Waals surface area contributed by atoms with Crippen LogP contribution in [0.1, 0.15) is 50.4 Å². The van der Waals surface area contributed by atoms with Crippen LogP contribution in [-0.4, -0.2) is 20.0 Å². The van der Waals surface area contributed by atoms with E-state index >= 15 is 0 Å². The zero-order valence-electron chi connectivity index (χ0n) is 21.5. The normalized spacial score (nSPS) is 12.2. The molecule has 0 aliphatic heterocycles. The summed E-state index contributed by atoms with van der Waals surface area (Å²) in [6.07, 6.45) is 0.669. The van der Waals surface area contributed by atoms with Crippen molar-refractivity contribution in [2.75, 3.05) is 10.0 Å². The summed E-state index contributed by atoms with van der Waals surface area (Å²) in [6.45, 7) is 7.33. The molecule has 3 aromatic rings. The third-order valence-corrected chi connectivity index (χ3v) is 7.77.